The molecule has 0 fully saturated rings. The van der Waals surface area contributed by atoms with Gasteiger partial charge in [0, 0.05) is 17.9 Å². The Hall–Kier alpha value is -3.10. The molecular weight excluding hydrogens is 500 g/mol. The van der Waals surface area contributed by atoms with Crippen molar-refractivity contribution in [1.29, 1.82) is 0 Å². The highest BCUT2D eigenvalue weighted by Gasteiger charge is 2.12. The van der Waals surface area contributed by atoms with Crippen LogP contribution in [0.2, 0.25) is 0 Å². The molecule has 0 aliphatic rings. The standard InChI is InChI=1S/C22H30N2O2S.C4H6O3.2C2H6/c1-7-18(10-9-15(3)4)13-20(23)21-24-19(14-27-21)12-16(5)11-17(6)22(25)26-8-2;1-4(6)7-3-2-5;2*1-2/h7,9-12,14,20H,3,8,13,23H2,1-2,4-6H3;2H,3H2,1H3;2*1-2H3/b10-9-,16-12+,17-11-,18-7+;;;. The number of aldehydes is 1. The number of carbonyl (C=O) groups is 3. The molecule has 0 radical (unpaired) electrons. The molecule has 38 heavy (non-hydrogen) atoms. The summed E-state index contributed by atoms with van der Waals surface area (Å²) in [4.78, 5) is 35.6. The van der Waals surface area contributed by atoms with E-state index in [1.54, 1.807) is 31.3 Å². The van der Waals surface area contributed by atoms with Crippen LogP contribution in [0.25, 0.3) is 6.08 Å². The molecule has 7 nitrogen and oxygen atoms in total. The first-order valence-corrected chi connectivity index (χ1v) is 13.7. The van der Waals surface area contributed by atoms with Crippen molar-refractivity contribution in [1.82, 2.24) is 4.98 Å². The van der Waals surface area contributed by atoms with Gasteiger partial charge in [-0.1, -0.05) is 63.6 Å². The average Bonchev–Trinajstić information content (AvgIpc) is 3.36. The summed E-state index contributed by atoms with van der Waals surface area (Å²) in [6, 6.07) is -0.157. The van der Waals surface area contributed by atoms with Gasteiger partial charge in [-0.3, -0.25) is 9.59 Å². The molecule has 0 saturated carbocycles. The van der Waals surface area contributed by atoms with Crippen molar-refractivity contribution in [3.05, 3.63) is 69.3 Å². The smallest absolute Gasteiger partial charge is 0.333 e. The van der Waals surface area contributed by atoms with Crippen molar-refractivity contribution in [2.45, 2.75) is 81.7 Å². The normalized spacial score (nSPS) is 12.0. The van der Waals surface area contributed by atoms with Gasteiger partial charge in [-0.2, -0.15) is 0 Å². The Morgan fingerprint density at radius 2 is 1.71 bits per heavy atom. The summed E-state index contributed by atoms with van der Waals surface area (Å²) in [7, 11) is 0. The summed E-state index contributed by atoms with van der Waals surface area (Å²) in [5.74, 6) is -0.722. The Kier molecular flexibility index (Phi) is 26.5. The zero-order valence-corrected chi connectivity index (χ0v) is 25.7. The number of allylic oxidation sites excluding steroid dienone is 6. The number of nitrogens with two attached hydrogens (primary N) is 1. The van der Waals surface area contributed by atoms with Gasteiger partial charge >= 0.3 is 11.9 Å². The summed E-state index contributed by atoms with van der Waals surface area (Å²) in [5.41, 5.74) is 10.8. The molecule has 2 N–H and O–H groups in total. The minimum Gasteiger partial charge on any atom is -0.463 e. The molecule has 0 amide bonds. The van der Waals surface area contributed by atoms with E-state index in [4.69, 9.17) is 10.5 Å². The van der Waals surface area contributed by atoms with Gasteiger partial charge < -0.3 is 15.2 Å². The van der Waals surface area contributed by atoms with Crippen LogP contribution >= 0.6 is 11.3 Å². The van der Waals surface area contributed by atoms with Crippen LogP contribution in [0.1, 0.15) is 92.4 Å². The quantitative estimate of drug-likeness (QED) is 0.133. The Bertz CT molecular complexity index is 956. The third kappa shape index (κ3) is 21.0. The molecule has 1 unspecified atom stereocenters. The number of rotatable bonds is 11. The van der Waals surface area contributed by atoms with E-state index in [-0.39, 0.29) is 18.6 Å². The number of ether oxygens (including phenoxy) is 2. The highest BCUT2D eigenvalue weighted by Crippen LogP contribution is 2.24. The largest absolute Gasteiger partial charge is 0.463 e. The van der Waals surface area contributed by atoms with Crippen LogP contribution in [0.4, 0.5) is 0 Å². The minimum absolute atomic E-state index is 0.130. The molecule has 1 heterocycles. The van der Waals surface area contributed by atoms with Gasteiger partial charge in [0.15, 0.2) is 6.29 Å². The van der Waals surface area contributed by atoms with Crippen molar-refractivity contribution in [3.8, 4) is 0 Å². The van der Waals surface area contributed by atoms with Crippen LogP contribution in [0, 0.1) is 0 Å². The second-order valence-electron chi connectivity index (χ2n) is 7.37. The van der Waals surface area contributed by atoms with Crippen LogP contribution in [0.5, 0.6) is 0 Å². The second kappa shape index (κ2) is 25.5. The number of hydrogen-bond acceptors (Lipinski definition) is 8. The van der Waals surface area contributed by atoms with Crippen LogP contribution in [0.3, 0.4) is 0 Å². The average molecular weight is 549 g/mol. The molecule has 214 valence electrons. The van der Waals surface area contributed by atoms with E-state index >= 15 is 0 Å². The number of aromatic nitrogens is 1. The number of hydrogen-bond donors (Lipinski definition) is 1. The summed E-state index contributed by atoms with van der Waals surface area (Å²) in [5, 5.41) is 2.87. The number of thiazole rings is 1. The number of esters is 2. The lowest BCUT2D eigenvalue weighted by Crippen LogP contribution is -2.10. The molecule has 8 heteroatoms. The van der Waals surface area contributed by atoms with Gasteiger partial charge in [0.1, 0.15) is 11.6 Å². The van der Waals surface area contributed by atoms with Gasteiger partial charge in [-0.05, 0) is 58.8 Å². The number of nitrogens with zero attached hydrogens (tertiary/aromatic N) is 1. The molecule has 1 aromatic rings. The lowest BCUT2D eigenvalue weighted by atomic mass is 10.1. The summed E-state index contributed by atoms with van der Waals surface area (Å²) in [6.45, 7) is 22.8. The Labute approximate surface area is 234 Å². The third-order valence-electron chi connectivity index (χ3n) is 4.04. The maximum atomic E-state index is 11.7. The van der Waals surface area contributed by atoms with Crippen molar-refractivity contribution in [2.75, 3.05) is 13.2 Å². The molecule has 0 aromatic carbocycles. The molecule has 0 bridgehead atoms. The van der Waals surface area contributed by atoms with E-state index in [0.717, 1.165) is 33.8 Å². The van der Waals surface area contributed by atoms with Gasteiger partial charge in [-0.15, -0.1) is 11.3 Å². The predicted molar refractivity (Wildman–Crippen MR) is 161 cm³/mol. The van der Waals surface area contributed by atoms with Crippen molar-refractivity contribution in [2.24, 2.45) is 5.73 Å². The van der Waals surface area contributed by atoms with E-state index in [1.807, 2.05) is 72.1 Å². The third-order valence-corrected chi connectivity index (χ3v) is 5.03. The van der Waals surface area contributed by atoms with Gasteiger partial charge in [0.25, 0.3) is 0 Å². The predicted octanol–water partition coefficient (Wildman–Crippen LogP) is 7.33. The Morgan fingerprint density at radius 1 is 1.11 bits per heavy atom. The van der Waals surface area contributed by atoms with Gasteiger partial charge in [0.2, 0.25) is 0 Å². The highest BCUT2D eigenvalue weighted by atomic mass is 32.1. The van der Waals surface area contributed by atoms with Gasteiger partial charge in [0.05, 0.1) is 18.3 Å². The summed E-state index contributed by atoms with van der Waals surface area (Å²) >= 11 is 1.55. The molecule has 0 saturated heterocycles. The van der Waals surface area contributed by atoms with Crippen LogP contribution in [-0.2, 0) is 23.9 Å². The van der Waals surface area contributed by atoms with Crippen molar-refractivity contribution in [3.63, 3.8) is 0 Å². The Morgan fingerprint density at radius 3 is 2.16 bits per heavy atom. The first-order chi connectivity index (χ1) is 18.0. The molecule has 1 atom stereocenters. The Balaban J connectivity index is -0.000000946. The van der Waals surface area contributed by atoms with E-state index in [9.17, 15) is 14.4 Å². The van der Waals surface area contributed by atoms with Crippen LogP contribution < -0.4 is 5.73 Å². The lowest BCUT2D eigenvalue weighted by molar-refractivity contribution is -0.143. The second-order valence-corrected chi connectivity index (χ2v) is 8.26. The lowest BCUT2D eigenvalue weighted by Gasteiger charge is -2.09. The zero-order valence-electron chi connectivity index (χ0n) is 24.9. The summed E-state index contributed by atoms with van der Waals surface area (Å²) < 4.78 is 9.18. The highest BCUT2D eigenvalue weighted by molar-refractivity contribution is 7.09. The first-order valence-electron chi connectivity index (χ1n) is 12.8. The SMILES string of the molecule is C=C(C)/C=C\C(=C/C)CC(N)c1nc(/C=C(C)/C=C(/C)C(=O)OCC)cs1.CC.CC.CC(=O)OCC=O. The van der Waals surface area contributed by atoms with E-state index in [2.05, 4.69) is 22.4 Å². The topological polar surface area (TPSA) is 109 Å². The molecule has 0 aliphatic carbocycles. The zero-order chi connectivity index (χ0) is 30.1. The van der Waals surface area contributed by atoms with E-state index < -0.39 is 5.97 Å². The first kappa shape index (κ1) is 39.4. The fourth-order valence-corrected chi connectivity index (χ4v) is 3.26. The van der Waals surface area contributed by atoms with Crippen LogP contribution in [0.15, 0.2) is 58.6 Å². The van der Waals surface area contributed by atoms with Crippen molar-refractivity contribution >= 4 is 35.6 Å². The number of carbonyl (C=O) groups excluding carboxylic acids is 3. The molecule has 0 spiro atoms. The van der Waals surface area contributed by atoms with Crippen molar-refractivity contribution < 1.29 is 23.9 Å². The fraction of sp³-hybridized carbons (Fsp3) is 0.467. The van der Waals surface area contributed by atoms with Gasteiger partial charge in [-0.25, -0.2) is 9.78 Å². The molecule has 1 aromatic heterocycles. The summed E-state index contributed by atoms with van der Waals surface area (Å²) in [6.07, 6.45) is 11.1. The van der Waals surface area contributed by atoms with Crippen LogP contribution in [-0.4, -0.2) is 36.4 Å². The van der Waals surface area contributed by atoms with E-state index in [0.29, 0.717) is 18.5 Å². The maximum Gasteiger partial charge on any atom is 0.333 e. The molecule has 0 aliphatic heterocycles. The maximum absolute atomic E-state index is 11.7. The minimum atomic E-state index is -0.424. The molecular formula is C30H48N2O5S. The molecule has 1 rings (SSSR count). The monoisotopic (exact) mass is 548 g/mol. The fourth-order valence-electron chi connectivity index (χ4n) is 2.48. The van der Waals surface area contributed by atoms with E-state index in [1.165, 1.54) is 6.92 Å².